The number of halogens is 7. The third kappa shape index (κ3) is 12.9. The molecule has 0 aliphatic heterocycles. The third-order valence-corrected chi connectivity index (χ3v) is 19.4. The summed E-state index contributed by atoms with van der Waals surface area (Å²) in [5.74, 6) is -4.02. The first-order chi connectivity index (χ1) is 40.8. The summed E-state index contributed by atoms with van der Waals surface area (Å²) in [6, 6.07) is 19.3. The van der Waals surface area contributed by atoms with Gasteiger partial charge in [0.1, 0.15) is 29.0 Å². The van der Waals surface area contributed by atoms with Crippen LogP contribution in [0.2, 0.25) is 5.28 Å². The van der Waals surface area contributed by atoms with Gasteiger partial charge in [-0.05, 0) is 136 Å². The molecule has 438 valence electrons. The number of aromatic nitrogens is 10. The normalized spacial score (nSPS) is 17.5. The lowest BCUT2D eigenvalue weighted by atomic mass is 9.77. The van der Waals surface area contributed by atoms with Crippen LogP contribution in [0.3, 0.4) is 0 Å². The molecule has 0 amide bonds. The van der Waals surface area contributed by atoms with E-state index in [-0.39, 0.29) is 82.9 Å². The summed E-state index contributed by atoms with van der Waals surface area (Å²) in [6.07, 6.45) is 19.1. The van der Waals surface area contributed by atoms with Crippen molar-refractivity contribution < 1.29 is 43.2 Å². The molecule has 6 aromatic heterocycles. The van der Waals surface area contributed by atoms with Crippen molar-refractivity contribution in [2.45, 2.75) is 101 Å². The van der Waals surface area contributed by atoms with Gasteiger partial charge in [0.15, 0.2) is 34.9 Å². The summed E-state index contributed by atoms with van der Waals surface area (Å²) in [7, 11) is -8.54. The van der Waals surface area contributed by atoms with E-state index in [0.717, 1.165) is 119 Å². The number of benzene rings is 4. The average molecular weight is 1220 g/mol. The molecule has 2 aliphatic carbocycles. The zero-order valence-corrected chi connectivity index (χ0v) is 48.4. The second-order valence-electron chi connectivity index (χ2n) is 22.0. The first kappa shape index (κ1) is 58.8. The number of nitrogens with zero attached hydrogens (tertiary/aromatic N) is 10. The van der Waals surface area contributed by atoms with Crippen molar-refractivity contribution in [2.75, 3.05) is 0 Å². The average Bonchev–Trinajstić information content (AvgIpc) is 1.72. The van der Waals surface area contributed by atoms with E-state index < -0.39 is 54.9 Å². The predicted octanol–water partition coefficient (Wildman–Crippen LogP) is 13.5. The number of fused-ring (bicyclic) bond motifs is 2. The summed E-state index contributed by atoms with van der Waals surface area (Å²) in [5, 5.41) is 0.142. The first-order valence-corrected chi connectivity index (χ1v) is 30.9. The molecule has 4 atom stereocenters. The lowest BCUT2D eigenvalue weighted by Gasteiger charge is -2.29. The van der Waals surface area contributed by atoms with Gasteiger partial charge in [-0.15, -0.1) is 0 Å². The highest BCUT2D eigenvalue weighted by molar-refractivity contribution is 7.90. The van der Waals surface area contributed by atoms with Crippen molar-refractivity contribution in [3.8, 4) is 22.8 Å². The fourth-order valence-electron chi connectivity index (χ4n) is 11.8. The van der Waals surface area contributed by atoms with Crippen LogP contribution < -0.4 is 0 Å². The summed E-state index contributed by atoms with van der Waals surface area (Å²) in [5.41, 5.74) is 3.38. The van der Waals surface area contributed by atoms with Gasteiger partial charge < -0.3 is 0 Å². The molecule has 2 aliphatic rings. The monoisotopic (exact) mass is 1220 g/mol. The Labute approximate surface area is 491 Å². The van der Waals surface area contributed by atoms with Crippen LogP contribution in [0.4, 0.5) is 26.3 Å². The van der Waals surface area contributed by atoms with E-state index >= 15 is 17.6 Å². The molecule has 23 heteroatoms. The highest BCUT2D eigenvalue weighted by Crippen LogP contribution is 2.39. The zero-order chi connectivity index (χ0) is 59.7. The molecule has 0 unspecified atom stereocenters. The lowest BCUT2D eigenvalue weighted by Crippen LogP contribution is -2.20. The molecule has 14 nitrogen and oxygen atoms in total. The molecule has 0 spiro atoms. The Morgan fingerprint density at radius 2 is 0.941 bits per heavy atom. The van der Waals surface area contributed by atoms with Gasteiger partial charge in [0, 0.05) is 70.2 Å². The minimum absolute atomic E-state index is 0.00685. The van der Waals surface area contributed by atoms with Gasteiger partial charge in [-0.25, -0.2) is 91.0 Å². The summed E-state index contributed by atoms with van der Waals surface area (Å²) in [6.45, 7) is 3.63. The summed E-state index contributed by atoms with van der Waals surface area (Å²) in [4.78, 5) is 33.6. The Balaban J connectivity index is 0.000000177. The van der Waals surface area contributed by atoms with Gasteiger partial charge in [-0.3, -0.25) is 0 Å². The van der Waals surface area contributed by atoms with Crippen molar-refractivity contribution in [2.24, 2.45) is 23.7 Å². The van der Waals surface area contributed by atoms with Crippen molar-refractivity contribution in [3.05, 3.63) is 203 Å². The maximum absolute atomic E-state index is 15.2. The molecule has 2 saturated carbocycles. The van der Waals surface area contributed by atoms with Gasteiger partial charge in [0.25, 0.3) is 20.0 Å². The zero-order valence-electron chi connectivity index (χ0n) is 46.0. The van der Waals surface area contributed by atoms with Crippen LogP contribution >= 0.6 is 11.6 Å². The fourth-order valence-corrected chi connectivity index (χ4v) is 14.8. The van der Waals surface area contributed by atoms with Crippen LogP contribution in [0, 0.1) is 72.4 Å². The number of hydrogen-bond acceptors (Lipinski definition) is 12. The molecule has 0 N–H and O–H groups in total. The Bertz CT molecular complexity index is 4350. The molecule has 2 fully saturated rings. The topological polar surface area (TPSA) is 181 Å². The fraction of sp³-hybridized carbons (Fsp3) is 0.290. The second-order valence-corrected chi connectivity index (χ2v) is 26.0. The smallest absolute Gasteiger partial charge is 0.245 e. The van der Waals surface area contributed by atoms with Crippen LogP contribution in [-0.4, -0.2) is 64.7 Å². The van der Waals surface area contributed by atoms with E-state index in [2.05, 4.69) is 39.9 Å². The molecule has 85 heavy (non-hydrogen) atoms. The van der Waals surface area contributed by atoms with Crippen LogP contribution in [0.25, 0.3) is 44.6 Å². The molecule has 4 aromatic carbocycles. The van der Waals surface area contributed by atoms with Crippen LogP contribution in [0.15, 0.2) is 138 Å². The van der Waals surface area contributed by atoms with Crippen molar-refractivity contribution >= 4 is 53.5 Å². The molecule has 0 saturated heterocycles. The highest BCUT2D eigenvalue weighted by Gasteiger charge is 2.31. The standard InChI is InChI=1S/C31H27ClF3N5O2S.C31H28F3N5O2S/c1-18-5-7-23(8-6-18)43(41,42)40-17-25(24-14-21(33)15-26(34)29(24)40)30-37-16-27(35)28(39-30)13-20-4-2-3-19(11-20)12-22-9-10-36-31(32)38-22;1-19-5-7-24(8-6-19)42(40,41)39-17-26(25-14-22(32)15-27(33)30(25)39)31-36-16-28(34)29(38-31)13-21-4-2-3-20(11-21)12-23-9-10-35-18-37-23/h5-10,14-17,19-20H,2-4,11-13H2,1H3;5-10,14-18,20-21H,2-4,11-13H2,1H3/t19-,20+;20-,21+/m00/s1. The molecular formula is C62H55ClF6N10O4S2. The minimum Gasteiger partial charge on any atom is -0.245 e. The Morgan fingerprint density at radius 3 is 1.38 bits per heavy atom. The van der Waals surface area contributed by atoms with Gasteiger partial charge >= 0.3 is 0 Å². The second kappa shape index (κ2) is 24.6. The predicted molar refractivity (Wildman–Crippen MR) is 308 cm³/mol. The highest BCUT2D eigenvalue weighted by atomic mass is 35.5. The molecule has 6 heterocycles. The van der Waals surface area contributed by atoms with Gasteiger partial charge in [-0.2, -0.15) is 0 Å². The first-order valence-electron chi connectivity index (χ1n) is 27.7. The Morgan fingerprint density at radius 1 is 0.506 bits per heavy atom. The number of rotatable bonds is 14. The van der Waals surface area contributed by atoms with Crippen LogP contribution in [-0.2, 0) is 45.7 Å². The van der Waals surface area contributed by atoms with Crippen LogP contribution in [0.5, 0.6) is 0 Å². The van der Waals surface area contributed by atoms with E-state index in [0.29, 0.717) is 36.8 Å². The van der Waals surface area contributed by atoms with Crippen molar-refractivity contribution in [3.63, 3.8) is 0 Å². The van der Waals surface area contributed by atoms with Crippen molar-refractivity contribution in [1.29, 1.82) is 0 Å². The lowest BCUT2D eigenvalue weighted by molar-refractivity contribution is 0.259. The number of hydrogen-bond donors (Lipinski definition) is 0. The van der Waals surface area contributed by atoms with Crippen molar-refractivity contribution in [1.82, 2.24) is 47.8 Å². The molecular weight excluding hydrogens is 1160 g/mol. The van der Waals surface area contributed by atoms with Gasteiger partial charge in [0.2, 0.25) is 5.28 Å². The molecule has 10 aromatic rings. The third-order valence-electron chi connectivity index (χ3n) is 15.9. The van der Waals surface area contributed by atoms with E-state index in [1.807, 2.05) is 26.0 Å². The Hall–Kier alpha value is -7.95. The Kier molecular flexibility index (Phi) is 17.0. The van der Waals surface area contributed by atoms with Crippen LogP contribution in [0.1, 0.15) is 85.3 Å². The van der Waals surface area contributed by atoms with Gasteiger partial charge in [0.05, 0.1) is 33.6 Å². The number of aryl methyl sites for hydroxylation is 2. The molecule has 0 bridgehead atoms. The van der Waals surface area contributed by atoms with E-state index in [9.17, 15) is 25.6 Å². The van der Waals surface area contributed by atoms with Gasteiger partial charge in [-0.1, -0.05) is 73.9 Å². The maximum atomic E-state index is 15.2. The SMILES string of the molecule is Cc1ccc(S(=O)(=O)n2cc(-c3ncc(F)c(C[C@@H]4CCC[C@H](Cc5ccnc(Cl)n5)C4)n3)c3cc(F)cc(F)c32)cc1.Cc1ccc(S(=O)(=O)n2cc(-c3ncc(F)c(C[C@@H]4CCC[C@H](Cc5ccncn5)C4)n3)c3cc(F)cc(F)c32)cc1. The van der Waals surface area contributed by atoms with E-state index in [4.69, 9.17) is 11.6 Å². The molecule has 0 radical (unpaired) electrons. The maximum Gasteiger partial charge on any atom is 0.268 e. The van der Waals surface area contributed by atoms with E-state index in [1.165, 1.54) is 43.0 Å². The largest absolute Gasteiger partial charge is 0.268 e. The minimum atomic E-state index is -4.27. The van der Waals surface area contributed by atoms with E-state index in [1.54, 1.807) is 36.7 Å². The summed E-state index contributed by atoms with van der Waals surface area (Å²) >= 11 is 5.94. The summed E-state index contributed by atoms with van der Waals surface area (Å²) < 4.78 is 145. The molecule has 12 rings (SSSR count). The quantitative estimate of drug-likeness (QED) is 0.0743.